The highest BCUT2D eigenvalue weighted by Crippen LogP contribution is 2.18. The molecule has 1 amide bonds. The maximum atomic E-state index is 12.3. The van der Waals surface area contributed by atoms with Crippen LogP contribution in [0.3, 0.4) is 0 Å². The zero-order chi connectivity index (χ0) is 16.2. The fraction of sp³-hybridized carbons (Fsp3) is 0.312. The van der Waals surface area contributed by atoms with Gasteiger partial charge in [-0.3, -0.25) is 9.59 Å². The number of carbonyl (C=O) groups excluding carboxylic acids is 1. The summed E-state index contributed by atoms with van der Waals surface area (Å²) in [7, 11) is 0. The molecular formula is C16H16ClN3O2S. The van der Waals surface area contributed by atoms with Gasteiger partial charge in [-0.1, -0.05) is 23.7 Å². The van der Waals surface area contributed by atoms with E-state index >= 15 is 0 Å². The summed E-state index contributed by atoms with van der Waals surface area (Å²) in [5.41, 5.74) is 2.45. The number of H-pyrrole nitrogens is 1. The first kappa shape index (κ1) is 16.1. The van der Waals surface area contributed by atoms with Gasteiger partial charge in [0.25, 0.3) is 5.56 Å². The molecule has 7 heteroatoms. The lowest BCUT2D eigenvalue weighted by atomic mass is 10.1. The molecule has 0 saturated carbocycles. The van der Waals surface area contributed by atoms with Crippen LogP contribution in [0.5, 0.6) is 0 Å². The summed E-state index contributed by atoms with van der Waals surface area (Å²) in [5, 5.41) is 0.712. The van der Waals surface area contributed by atoms with Gasteiger partial charge in [0, 0.05) is 22.9 Å². The van der Waals surface area contributed by atoms with E-state index in [1.807, 2.05) is 24.3 Å². The van der Waals surface area contributed by atoms with Crippen LogP contribution in [-0.4, -0.2) is 33.1 Å². The molecule has 0 atom stereocenters. The number of nitrogens with zero attached hydrogens (tertiary/aromatic N) is 2. The zero-order valence-corrected chi connectivity index (χ0v) is 14.0. The van der Waals surface area contributed by atoms with Gasteiger partial charge >= 0.3 is 0 Å². The Balaban J connectivity index is 1.53. The Morgan fingerprint density at radius 2 is 2.13 bits per heavy atom. The van der Waals surface area contributed by atoms with Crippen LogP contribution in [0, 0.1) is 0 Å². The van der Waals surface area contributed by atoms with Crippen LogP contribution in [0.4, 0.5) is 0 Å². The van der Waals surface area contributed by atoms with Gasteiger partial charge in [-0.15, -0.1) is 11.8 Å². The Labute approximate surface area is 143 Å². The predicted molar refractivity (Wildman–Crippen MR) is 91.6 cm³/mol. The molecule has 0 bridgehead atoms. The van der Waals surface area contributed by atoms with Crippen LogP contribution < -0.4 is 5.56 Å². The van der Waals surface area contributed by atoms with E-state index in [9.17, 15) is 9.59 Å². The molecule has 2 heterocycles. The van der Waals surface area contributed by atoms with E-state index in [0.29, 0.717) is 41.5 Å². The number of nitrogens with one attached hydrogen (secondary N) is 1. The third-order valence-electron chi connectivity index (χ3n) is 3.77. The van der Waals surface area contributed by atoms with Crippen molar-refractivity contribution in [2.24, 2.45) is 0 Å². The Bertz CT molecular complexity index is 761. The molecule has 1 aromatic carbocycles. The van der Waals surface area contributed by atoms with Crippen LogP contribution in [0.2, 0.25) is 5.02 Å². The number of hydrogen-bond acceptors (Lipinski definition) is 4. The number of aromatic nitrogens is 2. The number of hydrogen-bond donors (Lipinski definition) is 1. The molecule has 0 fully saturated rings. The Morgan fingerprint density at radius 3 is 2.91 bits per heavy atom. The molecule has 120 valence electrons. The molecule has 0 unspecified atom stereocenters. The molecule has 1 aromatic heterocycles. The highest BCUT2D eigenvalue weighted by molar-refractivity contribution is 7.99. The van der Waals surface area contributed by atoms with Gasteiger partial charge in [0.15, 0.2) is 0 Å². The van der Waals surface area contributed by atoms with Crippen molar-refractivity contribution < 1.29 is 4.79 Å². The van der Waals surface area contributed by atoms with Crippen molar-refractivity contribution in [1.29, 1.82) is 0 Å². The lowest BCUT2D eigenvalue weighted by Gasteiger charge is -2.27. The van der Waals surface area contributed by atoms with Gasteiger partial charge < -0.3 is 9.88 Å². The molecule has 0 saturated heterocycles. The minimum atomic E-state index is -0.0980. The second kappa shape index (κ2) is 7.19. The first-order valence-electron chi connectivity index (χ1n) is 7.29. The van der Waals surface area contributed by atoms with Gasteiger partial charge in [-0.25, -0.2) is 4.98 Å². The van der Waals surface area contributed by atoms with Crippen molar-refractivity contribution in [3.05, 3.63) is 62.8 Å². The summed E-state index contributed by atoms with van der Waals surface area (Å²) in [6.45, 7) is 0.988. The fourth-order valence-corrected chi connectivity index (χ4v) is 3.52. The van der Waals surface area contributed by atoms with E-state index in [2.05, 4.69) is 9.97 Å². The number of carbonyl (C=O) groups is 1. The topological polar surface area (TPSA) is 66.1 Å². The Morgan fingerprint density at radius 1 is 1.35 bits per heavy atom. The van der Waals surface area contributed by atoms with Crippen molar-refractivity contribution >= 4 is 29.3 Å². The lowest BCUT2D eigenvalue weighted by Crippen LogP contribution is -2.39. The molecule has 2 aromatic rings. The molecular weight excluding hydrogens is 334 g/mol. The minimum absolute atomic E-state index is 0.0803. The average Bonchev–Trinajstić information content (AvgIpc) is 2.56. The summed E-state index contributed by atoms with van der Waals surface area (Å²) in [4.78, 5) is 32.5. The number of amides is 1. The van der Waals surface area contributed by atoms with Gasteiger partial charge in [0.1, 0.15) is 0 Å². The number of halogens is 1. The quantitative estimate of drug-likeness (QED) is 0.919. The third kappa shape index (κ3) is 3.95. The molecule has 1 aliphatic rings. The highest BCUT2D eigenvalue weighted by atomic mass is 35.5. The number of benzene rings is 1. The number of fused-ring (bicyclic) bond motifs is 1. The SMILES string of the molecule is O=C(CSCc1ccc(Cl)cc1)N1CCc2c(nc[nH]c2=O)C1. The van der Waals surface area contributed by atoms with Crippen LogP contribution in [0.1, 0.15) is 16.8 Å². The lowest BCUT2D eigenvalue weighted by molar-refractivity contribution is -0.129. The van der Waals surface area contributed by atoms with Crippen molar-refractivity contribution in [3.63, 3.8) is 0 Å². The first-order chi connectivity index (χ1) is 11.1. The summed E-state index contributed by atoms with van der Waals surface area (Å²) in [6.07, 6.45) is 1.95. The van der Waals surface area contributed by atoms with Crippen molar-refractivity contribution in [3.8, 4) is 0 Å². The maximum absolute atomic E-state index is 12.3. The second-order valence-electron chi connectivity index (χ2n) is 5.34. The molecule has 3 rings (SSSR count). The molecule has 1 N–H and O–H groups in total. The summed E-state index contributed by atoms with van der Waals surface area (Å²) < 4.78 is 0. The summed E-state index contributed by atoms with van der Waals surface area (Å²) in [5.74, 6) is 1.27. The predicted octanol–water partition coefficient (Wildman–Crippen LogP) is 2.24. The summed E-state index contributed by atoms with van der Waals surface area (Å²) in [6, 6.07) is 7.63. The van der Waals surface area contributed by atoms with E-state index in [0.717, 1.165) is 11.3 Å². The fourth-order valence-electron chi connectivity index (χ4n) is 2.51. The highest BCUT2D eigenvalue weighted by Gasteiger charge is 2.23. The van der Waals surface area contributed by atoms with E-state index in [-0.39, 0.29) is 11.5 Å². The molecule has 5 nitrogen and oxygen atoms in total. The smallest absolute Gasteiger partial charge is 0.254 e. The van der Waals surface area contributed by atoms with Crippen LogP contribution in [0.25, 0.3) is 0 Å². The van der Waals surface area contributed by atoms with E-state index in [1.165, 1.54) is 6.33 Å². The number of rotatable bonds is 4. The maximum Gasteiger partial charge on any atom is 0.254 e. The van der Waals surface area contributed by atoms with Crippen molar-refractivity contribution in [2.75, 3.05) is 12.3 Å². The Hall–Kier alpha value is -1.79. The first-order valence-corrected chi connectivity index (χ1v) is 8.82. The minimum Gasteiger partial charge on any atom is -0.336 e. The average molecular weight is 350 g/mol. The van der Waals surface area contributed by atoms with Gasteiger partial charge in [0.2, 0.25) is 5.91 Å². The number of thioether (sulfide) groups is 1. The van der Waals surface area contributed by atoms with Gasteiger partial charge in [0.05, 0.1) is 24.3 Å². The van der Waals surface area contributed by atoms with Crippen molar-refractivity contribution in [2.45, 2.75) is 18.7 Å². The van der Waals surface area contributed by atoms with Crippen LogP contribution in [-0.2, 0) is 23.5 Å². The van der Waals surface area contributed by atoms with Crippen LogP contribution in [0.15, 0.2) is 35.4 Å². The molecule has 1 aliphatic heterocycles. The van der Waals surface area contributed by atoms with E-state index in [4.69, 9.17) is 11.6 Å². The molecule has 23 heavy (non-hydrogen) atoms. The standard InChI is InChI=1S/C16H16ClN3O2S/c17-12-3-1-11(2-4-12)8-23-9-15(21)20-6-5-13-14(7-20)18-10-19-16(13)22/h1-4,10H,5-9H2,(H,18,19,22). The van der Waals surface area contributed by atoms with Crippen LogP contribution >= 0.6 is 23.4 Å². The molecule has 0 spiro atoms. The van der Waals surface area contributed by atoms with Crippen molar-refractivity contribution in [1.82, 2.24) is 14.9 Å². The normalized spacial score (nSPS) is 13.7. The van der Waals surface area contributed by atoms with Gasteiger partial charge in [-0.05, 0) is 24.1 Å². The molecule has 0 aliphatic carbocycles. The monoisotopic (exact) mass is 349 g/mol. The Kier molecular flexibility index (Phi) is 5.03. The second-order valence-corrected chi connectivity index (χ2v) is 6.76. The van der Waals surface area contributed by atoms with E-state index in [1.54, 1.807) is 16.7 Å². The molecule has 0 radical (unpaired) electrons. The number of aromatic amines is 1. The summed E-state index contributed by atoms with van der Waals surface area (Å²) >= 11 is 7.43. The zero-order valence-electron chi connectivity index (χ0n) is 12.4. The third-order valence-corrected chi connectivity index (χ3v) is 5.01. The van der Waals surface area contributed by atoms with Gasteiger partial charge in [-0.2, -0.15) is 0 Å². The van der Waals surface area contributed by atoms with E-state index < -0.39 is 0 Å². The largest absolute Gasteiger partial charge is 0.336 e.